The van der Waals surface area contributed by atoms with E-state index in [-0.39, 0.29) is 24.9 Å². The third-order valence-electron chi connectivity index (χ3n) is 12.9. The number of carbonyl (C=O) groups is 2. The number of esters is 1. The van der Waals surface area contributed by atoms with E-state index in [0.29, 0.717) is 19.3 Å². The molecule has 3 atom stereocenters. The lowest BCUT2D eigenvalue weighted by atomic mass is 10.0. The quantitative estimate of drug-likeness (QED) is 0.0321. The lowest BCUT2D eigenvalue weighted by Gasteiger charge is -2.23. The van der Waals surface area contributed by atoms with Gasteiger partial charge in [0.25, 0.3) is 0 Å². The molecule has 0 bridgehead atoms. The molecular weight excluding hydrogens is 815 g/mol. The first-order valence-corrected chi connectivity index (χ1v) is 28.5. The Bertz CT molecular complexity index is 1170. The van der Waals surface area contributed by atoms with E-state index in [1.807, 2.05) is 12.2 Å². The van der Waals surface area contributed by atoms with Crippen LogP contribution in [0.5, 0.6) is 0 Å². The van der Waals surface area contributed by atoms with E-state index in [2.05, 4.69) is 74.7 Å². The molecule has 0 fully saturated rings. The molecule has 0 heterocycles. The number of rotatable bonds is 51. The molecule has 0 radical (unpaired) electrons. The van der Waals surface area contributed by atoms with Crippen LogP contribution < -0.4 is 5.32 Å². The number of hydrogen-bond acceptors (Lipinski definition) is 5. The number of nitrogens with one attached hydrogen (secondary N) is 1. The van der Waals surface area contributed by atoms with E-state index >= 15 is 0 Å². The van der Waals surface area contributed by atoms with Crippen LogP contribution in [0.15, 0.2) is 60.8 Å². The summed E-state index contributed by atoms with van der Waals surface area (Å²) < 4.78 is 5.85. The topological polar surface area (TPSA) is 95.9 Å². The Labute approximate surface area is 409 Å². The second-order valence-electron chi connectivity index (χ2n) is 19.3. The lowest BCUT2D eigenvalue weighted by Crippen LogP contribution is -2.46. The summed E-state index contributed by atoms with van der Waals surface area (Å²) in [5.41, 5.74) is 0. The van der Waals surface area contributed by atoms with Gasteiger partial charge in [0.1, 0.15) is 6.10 Å². The van der Waals surface area contributed by atoms with E-state index in [4.69, 9.17) is 4.74 Å². The predicted molar refractivity (Wildman–Crippen MR) is 287 cm³/mol. The summed E-state index contributed by atoms with van der Waals surface area (Å²) in [6.45, 7) is 6.36. The molecular formula is C60H109NO5. The second kappa shape index (κ2) is 53.5. The summed E-state index contributed by atoms with van der Waals surface area (Å²) in [5, 5.41) is 23.8. The molecule has 0 saturated heterocycles. The molecule has 0 aromatic carbocycles. The van der Waals surface area contributed by atoms with E-state index in [1.54, 1.807) is 0 Å². The molecule has 6 nitrogen and oxygen atoms in total. The van der Waals surface area contributed by atoms with Crippen LogP contribution in [0, 0.1) is 0 Å². The predicted octanol–water partition coefficient (Wildman–Crippen LogP) is 17.6. The van der Waals surface area contributed by atoms with E-state index in [0.717, 1.165) is 64.2 Å². The lowest BCUT2D eigenvalue weighted by molar-refractivity contribution is -0.148. The third kappa shape index (κ3) is 48.0. The van der Waals surface area contributed by atoms with Crippen molar-refractivity contribution in [3.63, 3.8) is 0 Å². The smallest absolute Gasteiger partial charge is 0.306 e. The van der Waals surface area contributed by atoms with Crippen molar-refractivity contribution >= 4 is 11.9 Å². The van der Waals surface area contributed by atoms with Gasteiger partial charge in [0.2, 0.25) is 5.91 Å². The number of hydrogen-bond donors (Lipinski definition) is 3. The molecule has 66 heavy (non-hydrogen) atoms. The van der Waals surface area contributed by atoms with Gasteiger partial charge in [-0.2, -0.15) is 0 Å². The van der Waals surface area contributed by atoms with Crippen molar-refractivity contribution in [2.45, 2.75) is 302 Å². The fraction of sp³-hybridized carbons (Fsp3) is 0.800. The Morgan fingerprint density at radius 2 is 0.788 bits per heavy atom. The van der Waals surface area contributed by atoms with Gasteiger partial charge < -0.3 is 20.3 Å². The highest BCUT2D eigenvalue weighted by atomic mass is 16.5. The third-order valence-corrected chi connectivity index (χ3v) is 12.9. The summed E-state index contributed by atoms with van der Waals surface area (Å²) in [6.07, 6.45) is 67.5. The van der Waals surface area contributed by atoms with Crippen molar-refractivity contribution in [1.29, 1.82) is 0 Å². The molecule has 3 unspecified atom stereocenters. The van der Waals surface area contributed by atoms with Gasteiger partial charge in [-0.3, -0.25) is 9.59 Å². The maximum atomic E-state index is 13.2. The molecule has 0 aromatic heterocycles. The summed E-state index contributed by atoms with van der Waals surface area (Å²) >= 11 is 0. The minimum Gasteiger partial charge on any atom is -0.458 e. The van der Waals surface area contributed by atoms with Crippen molar-refractivity contribution < 1.29 is 24.5 Å². The monoisotopic (exact) mass is 924 g/mol. The molecule has 0 rings (SSSR count). The zero-order valence-electron chi connectivity index (χ0n) is 43.8. The van der Waals surface area contributed by atoms with Crippen molar-refractivity contribution in [3.8, 4) is 0 Å². The second-order valence-corrected chi connectivity index (χ2v) is 19.3. The zero-order chi connectivity index (χ0) is 48.1. The number of carbonyl (C=O) groups excluding carboxylic acids is 2. The Morgan fingerprint density at radius 1 is 0.455 bits per heavy atom. The Morgan fingerprint density at radius 3 is 1.15 bits per heavy atom. The fourth-order valence-electron chi connectivity index (χ4n) is 8.57. The van der Waals surface area contributed by atoms with E-state index in [1.165, 1.54) is 173 Å². The van der Waals surface area contributed by atoms with Gasteiger partial charge >= 0.3 is 5.97 Å². The van der Waals surface area contributed by atoms with Gasteiger partial charge in [-0.15, -0.1) is 0 Å². The molecule has 0 aliphatic carbocycles. The normalized spacial score (nSPS) is 13.6. The van der Waals surface area contributed by atoms with Crippen molar-refractivity contribution in [3.05, 3.63) is 60.8 Å². The first kappa shape index (κ1) is 63.6. The highest BCUT2D eigenvalue weighted by molar-refractivity contribution is 5.78. The van der Waals surface area contributed by atoms with Gasteiger partial charge in [-0.05, 0) is 51.0 Å². The Hall–Kier alpha value is -2.44. The molecule has 3 N–H and O–H groups in total. The van der Waals surface area contributed by atoms with Crippen molar-refractivity contribution in [2.24, 2.45) is 0 Å². The zero-order valence-corrected chi connectivity index (χ0v) is 43.8. The van der Waals surface area contributed by atoms with Crippen LogP contribution in [0.25, 0.3) is 0 Å². The summed E-state index contributed by atoms with van der Waals surface area (Å²) in [5.74, 6) is -0.617. The average molecular weight is 925 g/mol. The number of amides is 1. The van der Waals surface area contributed by atoms with Gasteiger partial charge in [0.15, 0.2) is 0 Å². The van der Waals surface area contributed by atoms with E-state index < -0.39 is 18.2 Å². The van der Waals surface area contributed by atoms with Crippen LogP contribution in [0.4, 0.5) is 0 Å². The minimum absolute atomic E-state index is 0.0439. The molecule has 0 aliphatic rings. The SMILES string of the molecule is CC/C=C/C/C=C/C/C=C/C/C=C/C/C=C/C(CC(=O)NC(CO)C(O)CCCCCCCCCCCCCCCC)OC(=O)CCCCCCCCCCCCCCCCCCCCC. The van der Waals surface area contributed by atoms with Crippen LogP contribution in [-0.4, -0.2) is 46.9 Å². The van der Waals surface area contributed by atoms with Gasteiger partial charge in [0, 0.05) is 6.42 Å². The highest BCUT2D eigenvalue weighted by Gasteiger charge is 2.23. The Balaban J connectivity index is 4.61. The molecule has 0 aliphatic heterocycles. The van der Waals surface area contributed by atoms with Crippen LogP contribution in [0.1, 0.15) is 284 Å². The first-order chi connectivity index (χ1) is 32.5. The van der Waals surface area contributed by atoms with Gasteiger partial charge in [0.05, 0.1) is 25.2 Å². The summed E-state index contributed by atoms with van der Waals surface area (Å²) in [6, 6.07) is -0.742. The fourth-order valence-corrected chi connectivity index (χ4v) is 8.57. The van der Waals surface area contributed by atoms with Crippen molar-refractivity contribution in [1.82, 2.24) is 5.32 Å². The highest BCUT2D eigenvalue weighted by Crippen LogP contribution is 2.17. The standard InChI is InChI=1S/C60H109NO5/c1-4-7-10-13-16-19-22-25-28-29-30-31-32-35-38-41-44-47-50-53-60(65)66-56(51-48-45-42-39-36-33-26-23-20-17-14-11-8-5-2)54-59(64)61-57(55-62)58(63)52-49-46-43-40-37-34-27-24-21-18-15-12-9-6-3/h8,11,17,20,26,33,39,42,48,51,56-58,62-63H,4-7,9-10,12-16,18-19,21-25,27-32,34-38,40-41,43-47,49-50,52-55H2,1-3H3,(H,61,64)/b11-8+,20-17+,33-26+,42-39+,51-48+. The summed E-state index contributed by atoms with van der Waals surface area (Å²) in [7, 11) is 0. The first-order valence-electron chi connectivity index (χ1n) is 28.5. The number of unbranched alkanes of at least 4 members (excludes halogenated alkanes) is 31. The van der Waals surface area contributed by atoms with Crippen LogP contribution in [0.2, 0.25) is 0 Å². The van der Waals surface area contributed by atoms with Crippen LogP contribution in [-0.2, 0) is 14.3 Å². The van der Waals surface area contributed by atoms with Crippen LogP contribution in [0.3, 0.4) is 0 Å². The van der Waals surface area contributed by atoms with Crippen LogP contribution >= 0.6 is 0 Å². The largest absolute Gasteiger partial charge is 0.458 e. The molecule has 0 aromatic rings. The molecule has 384 valence electrons. The number of ether oxygens (including phenoxy) is 1. The van der Waals surface area contributed by atoms with E-state index in [9.17, 15) is 19.8 Å². The van der Waals surface area contributed by atoms with Gasteiger partial charge in [-0.1, -0.05) is 281 Å². The molecule has 6 heteroatoms. The maximum absolute atomic E-state index is 13.2. The number of aliphatic hydroxyl groups is 2. The molecule has 1 amide bonds. The summed E-state index contributed by atoms with van der Waals surface area (Å²) in [4.78, 5) is 26.2. The van der Waals surface area contributed by atoms with Gasteiger partial charge in [-0.25, -0.2) is 0 Å². The Kier molecular flexibility index (Phi) is 51.5. The maximum Gasteiger partial charge on any atom is 0.306 e. The average Bonchev–Trinajstić information content (AvgIpc) is 3.31. The van der Waals surface area contributed by atoms with Crippen molar-refractivity contribution in [2.75, 3.05) is 6.61 Å². The minimum atomic E-state index is -0.819. The number of aliphatic hydroxyl groups excluding tert-OH is 2. The number of allylic oxidation sites excluding steroid dienone is 9. The molecule has 0 saturated carbocycles. The molecule has 0 spiro atoms.